The van der Waals surface area contributed by atoms with Gasteiger partial charge in [-0.25, -0.2) is 9.29 Å². The topological polar surface area (TPSA) is 159 Å². The number of anilines is 4. The first-order valence-corrected chi connectivity index (χ1v) is 13.2. The summed E-state index contributed by atoms with van der Waals surface area (Å²) >= 11 is 3.86. The van der Waals surface area contributed by atoms with Crippen LogP contribution in [0.3, 0.4) is 0 Å². The van der Waals surface area contributed by atoms with Crippen molar-refractivity contribution in [1.82, 2.24) is 19.6 Å². The summed E-state index contributed by atoms with van der Waals surface area (Å²) in [7, 11) is 6.04. The maximum Gasteiger partial charge on any atom is 0.229 e. The molecule has 0 fully saturated rings. The summed E-state index contributed by atoms with van der Waals surface area (Å²) in [6.45, 7) is 1.58. The van der Waals surface area contributed by atoms with Gasteiger partial charge < -0.3 is 39.5 Å². The Morgan fingerprint density at radius 3 is 2.33 bits per heavy atom. The highest BCUT2D eigenvalue weighted by molar-refractivity contribution is 7.76. The molecule has 0 saturated carbocycles. The van der Waals surface area contributed by atoms with Gasteiger partial charge in [-0.15, -0.1) is 0 Å². The molecule has 0 aliphatic rings. The van der Waals surface area contributed by atoms with Gasteiger partial charge in [0.05, 0.1) is 34.6 Å². The predicted molar refractivity (Wildman–Crippen MR) is 151 cm³/mol. The Morgan fingerprint density at radius 1 is 1.05 bits per heavy atom. The van der Waals surface area contributed by atoms with Gasteiger partial charge >= 0.3 is 0 Å². The van der Waals surface area contributed by atoms with Crippen molar-refractivity contribution >= 4 is 51.9 Å². The van der Waals surface area contributed by atoms with E-state index < -0.39 is 11.3 Å². The largest absolute Gasteiger partial charge is 0.760 e. The van der Waals surface area contributed by atoms with E-state index in [0.29, 0.717) is 39.9 Å². The Hall–Kier alpha value is -3.85. The number of halogens is 1. The van der Waals surface area contributed by atoms with Crippen LogP contribution in [0.4, 0.5) is 23.1 Å². The van der Waals surface area contributed by atoms with E-state index in [9.17, 15) is 13.6 Å². The molecule has 3 N–H and O–H groups in total. The van der Waals surface area contributed by atoms with Gasteiger partial charge in [0.1, 0.15) is 10.8 Å². The molecular formula is C25H30ClN6O7S-. The molecule has 0 aliphatic carbocycles. The quantitative estimate of drug-likeness (QED) is 0.235. The van der Waals surface area contributed by atoms with Crippen molar-refractivity contribution in [2.45, 2.75) is 13.5 Å². The van der Waals surface area contributed by atoms with E-state index in [1.807, 2.05) is 0 Å². The Bertz CT molecular complexity index is 1340. The number of nitrogens with one attached hydrogen (secondary N) is 3. The van der Waals surface area contributed by atoms with Gasteiger partial charge in [-0.2, -0.15) is 4.98 Å². The number of aromatic nitrogens is 2. The van der Waals surface area contributed by atoms with E-state index in [1.165, 1.54) is 45.9 Å². The summed E-state index contributed by atoms with van der Waals surface area (Å²) in [6.07, 6.45) is 1.42. The highest BCUT2D eigenvalue weighted by atomic mass is 35.5. The van der Waals surface area contributed by atoms with Gasteiger partial charge in [-0.1, -0.05) is 11.6 Å². The average Bonchev–Trinajstić information content (AvgIpc) is 2.94. The smallest absolute Gasteiger partial charge is 0.229 e. The lowest BCUT2D eigenvalue weighted by Gasteiger charge is -2.25. The Labute approximate surface area is 239 Å². The van der Waals surface area contributed by atoms with Gasteiger partial charge in [0.15, 0.2) is 17.3 Å². The average molecular weight is 594 g/mol. The molecular weight excluding hydrogens is 564 g/mol. The summed E-state index contributed by atoms with van der Waals surface area (Å²) < 4.78 is 46.4. The first-order valence-electron chi connectivity index (χ1n) is 11.8. The Morgan fingerprint density at radius 2 is 1.75 bits per heavy atom. The molecule has 1 amide bonds. The highest BCUT2D eigenvalue weighted by Gasteiger charge is 2.16. The molecule has 216 valence electrons. The van der Waals surface area contributed by atoms with Crippen LogP contribution in [-0.2, 0) is 22.6 Å². The number of amides is 1. The van der Waals surface area contributed by atoms with Crippen LogP contribution in [0.25, 0.3) is 0 Å². The zero-order chi connectivity index (χ0) is 29.2. The van der Waals surface area contributed by atoms with Crippen LogP contribution in [0.2, 0.25) is 5.02 Å². The van der Waals surface area contributed by atoms with Crippen molar-refractivity contribution in [2.75, 3.05) is 52.2 Å². The first-order chi connectivity index (χ1) is 19.2. The molecule has 0 radical (unpaired) electrons. The third-order valence-electron chi connectivity index (χ3n) is 5.52. The number of carbonyl (C=O) groups excluding carboxylic acids is 1. The molecule has 15 heteroatoms. The van der Waals surface area contributed by atoms with E-state index in [-0.39, 0.29) is 42.3 Å². The van der Waals surface area contributed by atoms with Gasteiger partial charge in [-0.3, -0.25) is 9.00 Å². The van der Waals surface area contributed by atoms with Crippen molar-refractivity contribution in [2.24, 2.45) is 0 Å². The van der Waals surface area contributed by atoms with Crippen molar-refractivity contribution in [1.29, 1.82) is 0 Å². The fourth-order valence-corrected chi connectivity index (χ4v) is 4.25. The summed E-state index contributed by atoms with van der Waals surface area (Å²) in [4.78, 5) is 19.9. The second-order valence-corrected chi connectivity index (χ2v) is 9.50. The SMILES string of the molecule is COc1ccc(Nc2nc(Nc3cc(OC)c(OC)c(OC)c3)ncc2Cl)c(CN(CCNC(C)=O)S(=O)[O-])c1. The number of rotatable bonds is 14. The fraction of sp³-hybridized carbons (Fsp3) is 0.320. The van der Waals surface area contributed by atoms with Gasteiger partial charge in [0.2, 0.25) is 17.6 Å². The molecule has 1 atom stereocenters. The Kier molecular flexibility index (Phi) is 11.1. The molecule has 3 rings (SSSR count). The molecule has 0 bridgehead atoms. The van der Waals surface area contributed by atoms with Crippen LogP contribution in [0, 0.1) is 0 Å². The minimum Gasteiger partial charge on any atom is -0.760 e. The second kappa shape index (κ2) is 14.5. The van der Waals surface area contributed by atoms with E-state index in [2.05, 4.69) is 25.9 Å². The molecule has 2 aromatic carbocycles. The molecule has 1 aromatic heterocycles. The lowest BCUT2D eigenvalue weighted by atomic mass is 10.1. The molecule has 13 nitrogen and oxygen atoms in total. The Balaban J connectivity index is 1.89. The molecule has 1 heterocycles. The van der Waals surface area contributed by atoms with Crippen LogP contribution in [0.1, 0.15) is 12.5 Å². The third kappa shape index (κ3) is 8.08. The first kappa shape index (κ1) is 30.7. The number of benzene rings is 2. The minimum absolute atomic E-state index is 0.00548. The van der Waals surface area contributed by atoms with E-state index >= 15 is 0 Å². The van der Waals surface area contributed by atoms with Crippen LogP contribution in [-0.4, -0.2) is 70.5 Å². The molecule has 40 heavy (non-hydrogen) atoms. The van der Waals surface area contributed by atoms with Crippen LogP contribution < -0.4 is 34.9 Å². The predicted octanol–water partition coefficient (Wildman–Crippen LogP) is 3.38. The van der Waals surface area contributed by atoms with E-state index in [4.69, 9.17) is 30.5 Å². The van der Waals surface area contributed by atoms with Crippen molar-refractivity contribution in [3.8, 4) is 23.0 Å². The summed E-state index contributed by atoms with van der Waals surface area (Å²) in [5, 5.41) is 9.06. The highest BCUT2D eigenvalue weighted by Crippen LogP contribution is 2.40. The standard InChI is InChI=1S/C25H31ClN6O7S/c1-15(33)27-8-9-32(40(34)35)14-16-10-18(36-2)6-7-20(16)30-24-19(26)13-28-25(31-24)29-17-11-21(37-3)23(39-5)22(12-17)38-4/h6-7,10-13H,8-9,14H2,1-5H3,(H,27,33)(H,34,35)(H2,28,29,30,31)/p-1. The van der Waals surface area contributed by atoms with Gasteiger partial charge in [0.25, 0.3) is 0 Å². The maximum absolute atomic E-state index is 11.9. The fourth-order valence-electron chi connectivity index (χ4n) is 3.63. The monoisotopic (exact) mass is 593 g/mol. The maximum atomic E-state index is 11.9. The number of nitrogens with zero attached hydrogens (tertiary/aromatic N) is 3. The zero-order valence-electron chi connectivity index (χ0n) is 22.6. The number of hydrogen-bond acceptors (Lipinski definition) is 11. The molecule has 3 aromatic rings. The van der Waals surface area contributed by atoms with Crippen LogP contribution >= 0.6 is 11.6 Å². The minimum atomic E-state index is -2.55. The second-order valence-electron chi connectivity index (χ2n) is 8.14. The van der Waals surface area contributed by atoms with Crippen LogP contribution in [0.15, 0.2) is 36.5 Å². The van der Waals surface area contributed by atoms with Crippen molar-refractivity contribution < 1.29 is 32.5 Å². The van der Waals surface area contributed by atoms with Crippen molar-refractivity contribution in [3.05, 3.63) is 47.1 Å². The number of ether oxygens (including phenoxy) is 4. The van der Waals surface area contributed by atoms with Gasteiger partial charge in [-0.05, 0) is 23.8 Å². The zero-order valence-corrected chi connectivity index (χ0v) is 24.1. The molecule has 0 aliphatic heterocycles. The molecule has 1 unspecified atom stereocenters. The van der Waals surface area contributed by atoms with Crippen molar-refractivity contribution in [3.63, 3.8) is 0 Å². The number of hydrogen-bond donors (Lipinski definition) is 3. The third-order valence-corrected chi connectivity index (χ3v) is 6.53. The van der Waals surface area contributed by atoms with Gasteiger partial charge in [0, 0.05) is 61.3 Å². The molecule has 0 saturated heterocycles. The van der Waals surface area contributed by atoms with E-state index in [1.54, 1.807) is 30.3 Å². The summed E-state index contributed by atoms with van der Waals surface area (Å²) in [5.41, 5.74) is 1.69. The summed E-state index contributed by atoms with van der Waals surface area (Å²) in [5.74, 6) is 2.08. The lowest BCUT2D eigenvalue weighted by Crippen LogP contribution is -2.34. The van der Waals surface area contributed by atoms with Crippen LogP contribution in [0.5, 0.6) is 23.0 Å². The number of methoxy groups -OCH3 is 4. The molecule has 0 spiro atoms. The van der Waals surface area contributed by atoms with E-state index in [0.717, 1.165) is 0 Å². The number of carbonyl (C=O) groups is 1. The lowest BCUT2D eigenvalue weighted by molar-refractivity contribution is -0.118. The normalized spacial score (nSPS) is 11.5. The summed E-state index contributed by atoms with van der Waals surface area (Å²) in [6, 6.07) is 8.54.